The monoisotopic (exact) mass is 361 g/mol. The summed E-state index contributed by atoms with van der Waals surface area (Å²) in [6.07, 6.45) is 0. The molecule has 2 aromatic rings. The molecule has 0 radical (unpaired) electrons. The lowest BCUT2D eigenvalue weighted by Crippen LogP contribution is -2.26. The molecule has 0 saturated heterocycles. The molecule has 2 aromatic carbocycles. The summed E-state index contributed by atoms with van der Waals surface area (Å²) in [5.74, 6) is -1.92. The van der Waals surface area contributed by atoms with Crippen molar-refractivity contribution in [2.75, 3.05) is 0 Å². The van der Waals surface area contributed by atoms with Crippen LogP contribution in [0, 0.1) is 0 Å². The molecule has 0 atom stereocenters. The quantitative estimate of drug-likeness (QED) is 0.799. The molecule has 3 N–H and O–H groups in total. The second kappa shape index (κ2) is 7.25. The first-order chi connectivity index (χ1) is 11.6. The lowest BCUT2D eigenvalue weighted by Gasteiger charge is -2.22. The van der Waals surface area contributed by atoms with Crippen LogP contribution in [0.2, 0.25) is 5.02 Å². The zero-order valence-corrected chi connectivity index (χ0v) is 15.1. The third kappa shape index (κ3) is 4.38. The predicted molar refractivity (Wildman–Crippen MR) is 96.9 cm³/mol. The van der Waals surface area contributed by atoms with Crippen molar-refractivity contribution in [3.63, 3.8) is 0 Å². The highest BCUT2D eigenvalue weighted by Gasteiger charge is 2.27. The van der Waals surface area contributed by atoms with E-state index < -0.39 is 17.5 Å². The first kappa shape index (κ1) is 19.0. The average molecular weight is 362 g/mol. The van der Waals surface area contributed by atoms with Crippen molar-refractivity contribution >= 4 is 23.5 Å². The van der Waals surface area contributed by atoms with Crippen LogP contribution in [0.1, 0.15) is 47.1 Å². The van der Waals surface area contributed by atoms with Gasteiger partial charge < -0.3 is 15.6 Å². The minimum absolute atomic E-state index is 0.00629. The van der Waals surface area contributed by atoms with Crippen LogP contribution in [-0.4, -0.2) is 22.6 Å². The Balaban J connectivity index is 2.69. The number of benzene rings is 2. The van der Waals surface area contributed by atoms with Crippen molar-refractivity contribution in [2.45, 2.75) is 32.9 Å². The molecule has 25 heavy (non-hydrogen) atoms. The number of hydrogen-bond donors (Lipinski definition) is 2. The third-order valence-electron chi connectivity index (χ3n) is 3.51. The Hall–Kier alpha value is -2.37. The number of nitrogens with two attached hydrogens (primary N) is 1. The molecule has 0 unspecified atom stereocenters. The molecule has 0 amide bonds. The number of rotatable bonds is 4. The van der Waals surface area contributed by atoms with E-state index in [0.29, 0.717) is 16.1 Å². The maximum absolute atomic E-state index is 12.6. The number of carbonyl (C=O) groups is 2. The Morgan fingerprint density at radius 2 is 1.72 bits per heavy atom. The molecule has 6 heteroatoms. The fraction of sp³-hybridized carbons (Fsp3) is 0.263. The fourth-order valence-electron chi connectivity index (χ4n) is 2.50. The lowest BCUT2D eigenvalue weighted by molar-refractivity contribution is 0.00647. The van der Waals surface area contributed by atoms with Crippen molar-refractivity contribution in [3.8, 4) is 11.1 Å². The average Bonchev–Trinajstić information content (AvgIpc) is 2.52. The number of esters is 1. The van der Waals surface area contributed by atoms with Crippen molar-refractivity contribution < 1.29 is 19.4 Å². The second-order valence-electron chi connectivity index (χ2n) is 6.53. The maximum atomic E-state index is 12.6. The summed E-state index contributed by atoms with van der Waals surface area (Å²) in [7, 11) is 0. The van der Waals surface area contributed by atoms with E-state index in [0.717, 1.165) is 5.56 Å². The van der Waals surface area contributed by atoms with E-state index in [2.05, 4.69) is 0 Å². The Kier molecular flexibility index (Phi) is 5.50. The van der Waals surface area contributed by atoms with Crippen LogP contribution in [0.15, 0.2) is 36.4 Å². The Bertz CT molecular complexity index is 807. The molecule has 0 heterocycles. The molecule has 0 aliphatic heterocycles. The number of carbonyl (C=O) groups excluding carboxylic acids is 1. The molecule has 0 spiro atoms. The first-order valence-corrected chi connectivity index (χ1v) is 8.10. The van der Waals surface area contributed by atoms with Gasteiger partial charge in [0, 0.05) is 11.6 Å². The molecule has 0 saturated carbocycles. The first-order valence-electron chi connectivity index (χ1n) is 7.72. The molecule has 132 valence electrons. The van der Waals surface area contributed by atoms with Crippen molar-refractivity contribution in [1.29, 1.82) is 0 Å². The number of carboxylic acid groups (broad SMARTS) is 1. The van der Waals surface area contributed by atoms with E-state index >= 15 is 0 Å². The van der Waals surface area contributed by atoms with Crippen molar-refractivity contribution in [1.82, 2.24) is 0 Å². The van der Waals surface area contributed by atoms with Crippen molar-refractivity contribution in [2.24, 2.45) is 5.73 Å². The summed E-state index contributed by atoms with van der Waals surface area (Å²) in [6.45, 7) is 5.15. The lowest BCUT2D eigenvalue weighted by atomic mass is 9.91. The molecule has 0 aromatic heterocycles. The standard InChI is InChI=1S/C19H20ClNO4/c1-19(2,3)25-18(24)16-14(17(22)23)9-8-13(15(16)10-21)11-4-6-12(20)7-5-11/h4-9H,10,21H2,1-3H3,(H,22,23). The van der Waals surface area contributed by atoms with Gasteiger partial charge in [-0.15, -0.1) is 0 Å². The Labute approximate surface area is 151 Å². The summed E-state index contributed by atoms with van der Waals surface area (Å²) in [4.78, 5) is 24.2. The van der Waals surface area contributed by atoms with Gasteiger partial charge in [0.1, 0.15) is 5.60 Å². The normalized spacial score (nSPS) is 11.2. The fourth-order valence-corrected chi connectivity index (χ4v) is 2.63. The van der Waals surface area contributed by atoms with Gasteiger partial charge in [-0.25, -0.2) is 9.59 Å². The summed E-state index contributed by atoms with van der Waals surface area (Å²) in [5, 5.41) is 10.0. The zero-order chi connectivity index (χ0) is 18.8. The second-order valence-corrected chi connectivity index (χ2v) is 6.97. The highest BCUT2D eigenvalue weighted by atomic mass is 35.5. The predicted octanol–water partition coefficient (Wildman–Crippen LogP) is 4.12. The highest BCUT2D eigenvalue weighted by molar-refractivity contribution is 6.30. The van der Waals surface area contributed by atoms with Gasteiger partial charge >= 0.3 is 11.9 Å². The SMILES string of the molecule is CC(C)(C)OC(=O)c1c(C(=O)O)ccc(-c2ccc(Cl)cc2)c1CN. The van der Waals surface area contributed by atoms with E-state index in [9.17, 15) is 14.7 Å². The molecule has 2 rings (SSSR count). The van der Waals surface area contributed by atoms with Crippen LogP contribution in [0.25, 0.3) is 11.1 Å². The zero-order valence-electron chi connectivity index (χ0n) is 14.3. The molecule has 0 bridgehead atoms. The Morgan fingerprint density at radius 3 is 2.20 bits per heavy atom. The van der Waals surface area contributed by atoms with E-state index in [1.54, 1.807) is 51.1 Å². The van der Waals surface area contributed by atoms with Gasteiger partial charge in [0.2, 0.25) is 0 Å². The van der Waals surface area contributed by atoms with Gasteiger partial charge in [-0.05, 0) is 55.7 Å². The number of ether oxygens (including phenoxy) is 1. The van der Waals surface area contributed by atoms with E-state index in [-0.39, 0.29) is 17.7 Å². The summed E-state index contributed by atoms with van der Waals surface area (Å²) < 4.78 is 5.39. The van der Waals surface area contributed by atoms with Crippen LogP contribution in [-0.2, 0) is 11.3 Å². The molecule has 0 aliphatic carbocycles. The van der Waals surface area contributed by atoms with Crippen LogP contribution < -0.4 is 5.73 Å². The van der Waals surface area contributed by atoms with Gasteiger partial charge in [0.05, 0.1) is 11.1 Å². The number of halogens is 1. The smallest absolute Gasteiger partial charge is 0.339 e. The van der Waals surface area contributed by atoms with Crippen LogP contribution >= 0.6 is 11.6 Å². The van der Waals surface area contributed by atoms with Crippen LogP contribution in [0.5, 0.6) is 0 Å². The Morgan fingerprint density at radius 1 is 1.12 bits per heavy atom. The van der Waals surface area contributed by atoms with Gasteiger partial charge in [-0.3, -0.25) is 0 Å². The summed E-state index contributed by atoms with van der Waals surface area (Å²) in [5.41, 5.74) is 6.84. The van der Waals surface area contributed by atoms with Gasteiger partial charge in [-0.2, -0.15) is 0 Å². The minimum atomic E-state index is -1.21. The molecule has 5 nitrogen and oxygen atoms in total. The highest BCUT2D eigenvalue weighted by Crippen LogP contribution is 2.31. The van der Waals surface area contributed by atoms with E-state index in [4.69, 9.17) is 22.1 Å². The third-order valence-corrected chi connectivity index (χ3v) is 3.76. The largest absolute Gasteiger partial charge is 0.478 e. The number of aromatic carboxylic acids is 1. The summed E-state index contributed by atoms with van der Waals surface area (Å²) >= 11 is 5.92. The van der Waals surface area contributed by atoms with Crippen molar-refractivity contribution in [3.05, 3.63) is 58.1 Å². The number of carboxylic acids is 1. The van der Waals surface area contributed by atoms with Gasteiger partial charge in [-0.1, -0.05) is 29.8 Å². The molecule has 0 aliphatic rings. The maximum Gasteiger partial charge on any atom is 0.339 e. The van der Waals surface area contributed by atoms with Gasteiger partial charge in [0.15, 0.2) is 0 Å². The van der Waals surface area contributed by atoms with E-state index in [1.165, 1.54) is 6.07 Å². The molecule has 0 fully saturated rings. The van der Waals surface area contributed by atoms with Crippen LogP contribution in [0.4, 0.5) is 0 Å². The van der Waals surface area contributed by atoms with Gasteiger partial charge in [0.25, 0.3) is 0 Å². The van der Waals surface area contributed by atoms with E-state index in [1.807, 2.05) is 0 Å². The molecular weight excluding hydrogens is 342 g/mol. The summed E-state index contributed by atoms with van der Waals surface area (Å²) in [6, 6.07) is 10.0. The topological polar surface area (TPSA) is 89.6 Å². The number of hydrogen-bond acceptors (Lipinski definition) is 4. The molecular formula is C19H20ClNO4. The minimum Gasteiger partial charge on any atom is -0.478 e. The van der Waals surface area contributed by atoms with Crippen LogP contribution in [0.3, 0.4) is 0 Å².